The van der Waals surface area contributed by atoms with Gasteiger partial charge in [0.05, 0.1) is 0 Å². The van der Waals surface area contributed by atoms with Crippen molar-refractivity contribution < 1.29 is 11.9 Å². The molecule has 0 atom stereocenters. The zero-order valence-electron chi connectivity index (χ0n) is 5.81. The monoisotopic (exact) mass is 419 g/mol. The third-order valence-corrected chi connectivity index (χ3v) is 1.13. The van der Waals surface area contributed by atoms with Gasteiger partial charge < -0.3 is 5.32 Å². The van der Waals surface area contributed by atoms with Gasteiger partial charge in [0.2, 0.25) is 0 Å². The predicted molar refractivity (Wildman–Crippen MR) is 50.4 cm³/mol. The second-order valence-electron chi connectivity index (χ2n) is 2.00. The van der Waals surface area contributed by atoms with Gasteiger partial charge >= 0.3 is 49.6 Å². The van der Waals surface area contributed by atoms with E-state index in [4.69, 9.17) is 37.7 Å². The Morgan fingerprint density at radius 2 is 1.18 bits per heavy atom. The standard InChI is InChI=1S/C5H10N.4ClH.Pt/c1-2-4-6-5-3-1;;;;;/h1-5H2;4*1H;/q-1;;;;;+6/p-4. The number of halogens is 4. The first-order valence-corrected chi connectivity index (χ1v) is 14.4. The zero-order chi connectivity index (χ0) is 8.74. The molecule has 1 saturated heterocycles. The Balaban J connectivity index is 0.000000187. The van der Waals surface area contributed by atoms with Crippen molar-refractivity contribution in [3.8, 4) is 0 Å². The predicted octanol–water partition coefficient (Wildman–Crippen LogP) is 4.30. The van der Waals surface area contributed by atoms with Crippen molar-refractivity contribution in [1.82, 2.24) is 0 Å². The molecular formula is C5H10Cl4NPt+. The van der Waals surface area contributed by atoms with E-state index >= 15 is 0 Å². The molecule has 0 saturated carbocycles. The molecule has 0 bridgehead atoms. The normalized spacial score (nSPS) is 20.0. The molecule has 1 aliphatic heterocycles. The Labute approximate surface area is 86.6 Å². The first kappa shape index (κ1) is 12.8. The molecule has 72 valence electrons. The number of hydrogen-bond donors (Lipinski definition) is 0. The van der Waals surface area contributed by atoms with E-state index in [1.807, 2.05) is 0 Å². The topological polar surface area (TPSA) is 14.1 Å². The van der Waals surface area contributed by atoms with Crippen LogP contribution in [-0.2, 0) is 11.9 Å². The number of rotatable bonds is 0. The molecule has 0 amide bonds. The van der Waals surface area contributed by atoms with E-state index in [0.717, 1.165) is 13.1 Å². The van der Waals surface area contributed by atoms with Gasteiger partial charge in [-0.3, -0.25) is 0 Å². The van der Waals surface area contributed by atoms with Crippen LogP contribution in [0.4, 0.5) is 0 Å². The summed E-state index contributed by atoms with van der Waals surface area (Å²) in [6.07, 6.45) is 4.07. The SMILES string of the molecule is C1CC[N-]CC1.[Cl][Pt+2]([Cl])([Cl])[Cl]. The minimum absolute atomic E-state index is 1.12. The molecule has 1 rings (SSSR count). The first-order valence-electron chi connectivity index (χ1n) is 3.11. The molecule has 1 fully saturated rings. The molecule has 6 heteroatoms. The second-order valence-corrected chi connectivity index (χ2v) is 21.7. The van der Waals surface area contributed by atoms with Gasteiger partial charge in [-0.05, 0) is 0 Å². The van der Waals surface area contributed by atoms with Gasteiger partial charge in [0.1, 0.15) is 0 Å². The van der Waals surface area contributed by atoms with E-state index in [1.54, 1.807) is 0 Å². The summed E-state index contributed by atoms with van der Waals surface area (Å²) in [6, 6.07) is 0. The number of piperidine rings is 1. The maximum absolute atomic E-state index is 5.01. The van der Waals surface area contributed by atoms with E-state index in [1.165, 1.54) is 19.3 Å². The van der Waals surface area contributed by atoms with Crippen molar-refractivity contribution in [1.29, 1.82) is 0 Å². The molecule has 0 aliphatic carbocycles. The molecule has 1 nitrogen and oxygen atoms in total. The third-order valence-electron chi connectivity index (χ3n) is 1.13. The van der Waals surface area contributed by atoms with Gasteiger partial charge in [0.25, 0.3) is 0 Å². The molecule has 0 N–H and O–H groups in total. The zero-order valence-corrected chi connectivity index (χ0v) is 11.1. The van der Waals surface area contributed by atoms with Gasteiger partial charge in [-0.2, -0.15) is 0 Å². The molecule has 0 aromatic carbocycles. The van der Waals surface area contributed by atoms with Crippen molar-refractivity contribution in [2.24, 2.45) is 0 Å². The molecule has 0 aromatic rings. The van der Waals surface area contributed by atoms with Crippen LogP contribution in [0.5, 0.6) is 0 Å². The Kier molecular flexibility index (Phi) is 8.42. The Morgan fingerprint density at radius 1 is 0.818 bits per heavy atom. The second kappa shape index (κ2) is 7.23. The van der Waals surface area contributed by atoms with Crippen molar-refractivity contribution in [3.63, 3.8) is 0 Å². The van der Waals surface area contributed by atoms with Crippen LogP contribution in [0.25, 0.3) is 5.32 Å². The Morgan fingerprint density at radius 3 is 1.27 bits per heavy atom. The van der Waals surface area contributed by atoms with Gasteiger partial charge in [0.15, 0.2) is 0 Å². The summed E-state index contributed by atoms with van der Waals surface area (Å²) in [5.74, 6) is 0. The van der Waals surface area contributed by atoms with Crippen molar-refractivity contribution in [2.45, 2.75) is 19.3 Å². The van der Waals surface area contributed by atoms with E-state index < -0.39 is 11.9 Å². The summed E-state index contributed by atoms with van der Waals surface area (Å²) >= 11 is -3.06. The van der Waals surface area contributed by atoms with Crippen LogP contribution in [0.15, 0.2) is 0 Å². The summed E-state index contributed by atoms with van der Waals surface area (Å²) in [7, 11) is 20.0. The van der Waals surface area contributed by atoms with Crippen LogP contribution in [0, 0.1) is 0 Å². The van der Waals surface area contributed by atoms with E-state index in [2.05, 4.69) is 5.32 Å². The summed E-state index contributed by atoms with van der Waals surface area (Å²) in [5, 5.41) is 4.18. The average molecular weight is 421 g/mol. The van der Waals surface area contributed by atoms with E-state index in [0.29, 0.717) is 0 Å². The quantitative estimate of drug-likeness (QED) is 0.554. The van der Waals surface area contributed by atoms with Crippen LogP contribution in [0.1, 0.15) is 19.3 Å². The van der Waals surface area contributed by atoms with Crippen molar-refractivity contribution in [3.05, 3.63) is 5.32 Å². The van der Waals surface area contributed by atoms with Crippen LogP contribution >= 0.6 is 37.7 Å². The number of nitrogens with zero attached hydrogens (tertiary/aromatic N) is 1. The average Bonchev–Trinajstić information content (AvgIpc) is 1.88. The molecule has 0 spiro atoms. The fraction of sp³-hybridized carbons (Fsp3) is 1.00. The number of hydrogen-bond acceptors (Lipinski definition) is 0. The van der Waals surface area contributed by atoms with Crippen molar-refractivity contribution >= 4 is 37.7 Å². The summed E-state index contributed by atoms with van der Waals surface area (Å²) < 4.78 is 0. The van der Waals surface area contributed by atoms with Crippen molar-refractivity contribution in [2.75, 3.05) is 13.1 Å². The van der Waals surface area contributed by atoms with Gasteiger partial charge in [-0.25, -0.2) is 0 Å². The molecule has 1 aliphatic rings. The molecule has 0 aromatic heterocycles. The minimum atomic E-state index is -3.06. The van der Waals surface area contributed by atoms with Crippen LogP contribution in [0.2, 0.25) is 0 Å². The fourth-order valence-corrected chi connectivity index (χ4v) is 0.736. The Bertz CT molecular complexity index is 73.5. The van der Waals surface area contributed by atoms with E-state index in [9.17, 15) is 0 Å². The molecule has 11 heavy (non-hydrogen) atoms. The Hall–Kier alpha value is 1.81. The summed E-state index contributed by atoms with van der Waals surface area (Å²) in [6.45, 7) is 2.25. The molecular weight excluding hydrogens is 411 g/mol. The van der Waals surface area contributed by atoms with E-state index in [-0.39, 0.29) is 0 Å². The van der Waals surface area contributed by atoms with Crippen LogP contribution in [0.3, 0.4) is 0 Å². The van der Waals surface area contributed by atoms with Gasteiger partial charge in [-0.1, -0.05) is 19.3 Å². The first-order chi connectivity index (χ1) is 5.00. The fourth-order valence-electron chi connectivity index (χ4n) is 0.736. The maximum atomic E-state index is 5.01. The molecule has 1 heterocycles. The van der Waals surface area contributed by atoms with Gasteiger partial charge in [-0.15, -0.1) is 13.1 Å². The van der Waals surface area contributed by atoms with Gasteiger partial charge in [0, 0.05) is 0 Å². The molecule has 0 unspecified atom stereocenters. The summed E-state index contributed by atoms with van der Waals surface area (Å²) in [4.78, 5) is 0. The van der Waals surface area contributed by atoms with Crippen LogP contribution in [-0.4, -0.2) is 13.1 Å². The summed E-state index contributed by atoms with van der Waals surface area (Å²) in [5.41, 5.74) is 0. The van der Waals surface area contributed by atoms with Crippen LogP contribution < -0.4 is 0 Å². The molecule has 0 radical (unpaired) electrons. The third kappa shape index (κ3) is 18.6.